The summed E-state index contributed by atoms with van der Waals surface area (Å²) in [4.78, 5) is 18.6. The van der Waals surface area contributed by atoms with E-state index in [0.29, 0.717) is 25.6 Å². The molecule has 1 aromatic heterocycles. The monoisotopic (exact) mass is 375 g/mol. The van der Waals surface area contributed by atoms with Crippen molar-refractivity contribution in [1.82, 2.24) is 10.3 Å². The zero-order valence-corrected chi connectivity index (χ0v) is 16.0. The highest BCUT2D eigenvalue weighted by Crippen LogP contribution is 2.13. The third kappa shape index (κ3) is 5.84. The number of benzene rings is 2. The summed E-state index contributed by atoms with van der Waals surface area (Å²) in [7, 11) is 0. The molecule has 1 amide bonds. The number of likely N-dealkylation sites (N-methyl/N-ethyl adjacent to an activating group) is 1. The predicted molar refractivity (Wildman–Crippen MR) is 111 cm³/mol. The SMILES string of the molecule is CCN(CC(=O)NCc1ccnc(OCc2ccccc2)c1)c1ccccc1. The van der Waals surface area contributed by atoms with Crippen LogP contribution < -0.4 is 15.0 Å². The van der Waals surface area contributed by atoms with Crippen molar-refractivity contribution in [2.45, 2.75) is 20.1 Å². The van der Waals surface area contributed by atoms with Gasteiger partial charge in [-0.1, -0.05) is 48.5 Å². The van der Waals surface area contributed by atoms with E-state index >= 15 is 0 Å². The Hall–Kier alpha value is -3.34. The molecule has 3 aromatic rings. The Kier molecular flexibility index (Phi) is 7.01. The van der Waals surface area contributed by atoms with Gasteiger partial charge in [0, 0.05) is 31.0 Å². The van der Waals surface area contributed by atoms with Gasteiger partial charge in [-0.25, -0.2) is 4.98 Å². The van der Waals surface area contributed by atoms with Crippen LogP contribution in [-0.4, -0.2) is 24.0 Å². The van der Waals surface area contributed by atoms with Crippen molar-refractivity contribution in [2.24, 2.45) is 0 Å². The molecule has 2 aromatic carbocycles. The van der Waals surface area contributed by atoms with Crippen LogP contribution >= 0.6 is 0 Å². The normalized spacial score (nSPS) is 10.3. The summed E-state index contributed by atoms with van der Waals surface area (Å²) in [6.07, 6.45) is 1.70. The van der Waals surface area contributed by atoms with Gasteiger partial charge in [0.05, 0.1) is 6.54 Å². The molecule has 0 atom stereocenters. The fraction of sp³-hybridized carbons (Fsp3) is 0.217. The maximum atomic E-state index is 12.4. The van der Waals surface area contributed by atoms with Crippen molar-refractivity contribution < 1.29 is 9.53 Å². The lowest BCUT2D eigenvalue weighted by molar-refractivity contribution is -0.119. The van der Waals surface area contributed by atoms with Crippen LogP contribution in [-0.2, 0) is 17.9 Å². The van der Waals surface area contributed by atoms with Crippen LogP contribution in [0.1, 0.15) is 18.1 Å². The second-order valence-corrected chi connectivity index (χ2v) is 6.40. The molecule has 0 aliphatic heterocycles. The van der Waals surface area contributed by atoms with Gasteiger partial charge >= 0.3 is 0 Å². The first-order chi connectivity index (χ1) is 13.7. The quantitative estimate of drug-likeness (QED) is 0.618. The summed E-state index contributed by atoms with van der Waals surface area (Å²) in [5.41, 5.74) is 3.08. The van der Waals surface area contributed by atoms with Crippen LogP contribution in [0.3, 0.4) is 0 Å². The topological polar surface area (TPSA) is 54.5 Å². The van der Waals surface area contributed by atoms with Crippen LogP contribution in [0.25, 0.3) is 0 Å². The number of hydrogen-bond donors (Lipinski definition) is 1. The van der Waals surface area contributed by atoms with Crippen molar-refractivity contribution in [3.8, 4) is 5.88 Å². The van der Waals surface area contributed by atoms with Gasteiger partial charge in [0.2, 0.25) is 11.8 Å². The van der Waals surface area contributed by atoms with Crippen molar-refractivity contribution in [3.63, 3.8) is 0 Å². The molecular formula is C23H25N3O2. The van der Waals surface area contributed by atoms with Gasteiger partial charge in [-0.05, 0) is 36.2 Å². The van der Waals surface area contributed by atoms with Gasteiger partial charge in [-0.3, -0.25) is 4.79 Å². The molecule has 0 bridgehead atoms. The van der Waals surface area contributed by atoms with Crippen LogP contribution in [0, 0.1) is 0 Å². The van der Waals surface area contributed by atoms with Crippen LogP contribution in [0.2, 0.25) is 0 Å². The summed E-state index contributed by atoms with van der Waals surface area (Å²) in [6.45, 7) is 4.04. The molecular weight excluding hydrogens is 350 g/mol. The molecule has 5 nitrogen and oxygen atoms in total. The van der Waals surface area contributed by atoms with Gasteiger partial charge in [-0.15, -0.1) is 0 Å². The molecule has 0 unspecified atom stereocenters. The number of carbonyl (C=O) groups is 1. The molecule has 3 rings (SSSR count). The van der Waals surface area contributed by atoms with Gasteiger partial charge < -0.3 is 15.0 Å². The fourth-order valence-electron chi connectivity index (χ4n) is 2.83. The van der Waals surface area contributed by atoms with Gasteiger partial charge in [-0.2, -0.15) is 0 Å². The molecule has 0 spiro atoms. The Morgan fingerprint density at radius 1 is 1.00 bits per heavy atom. The first kappa shape index (κ1) is 19.4. The zero-order chi connectivity index (χ0) is 19.6. The van der Waals surface area contributed by atoms with Gasteiger partial charge in [0.1, 0.15) is 6.61 Å². The molecule has 1 N–H and O–H groups in total. The number of anilines is 1. The van der Waals surface area contributed by atoms with E-state index in [1.807, 2.05) is 84.6 Å². The number of nitrogens with one attached hydrogen (secondary N) is 1. The Morgan fingerprint density at radius 2 is 1.71 bits per heavy atom. The minimum Gasteiger partial charge on any atom is -0.473 e. The number of para-hydroxylation sites is 1. The van der Waals surface area contributed by atoms with E-state index < -0.39 is 0 Å². The summed E-state index contributed by atoms with van der Waals surface area (Å²) < 4.78 is 5.75. The number of rotatable bonds is 9. The van der Waals surface area contributed by atoms with Gasteiger partial charge in [0.25, 0.3) is 0 Å². The summed E-state index contributed by atoms with van der Waals surface area (Å²) in [5.74, 6) is 0.532. The summed E-state index contributed by atoms with van der Waals surface area (Å²) in [6, 6.07) is 23.6. The second kappa shape index (κ2) is 10.1. The van der Waals surface area contributed by atoms with E-state index in [1.165, 1.54) is 0 Å². The van der Waals surface area contributed by atoms with Crippen molar-refractivity contribution >= 4 is 11.6 Å². The Labute approximate surface area is 166 Å². The smallest absolute Gasteiger partial charge is 0.239 e. The minimum absolute atomic E-state index is 0.0192. The van der Waals surface area contributed by atoms with Crippen molar-refractivity contribution in [2.75, 3.05) is 18.0 Å². The predicted octanol–water partition coefficient (Wildman–Crippen LogP) is 3.80. The number of aromatic nitrogens is 1. The Bertz CT molecular complexity index is 869. The molecule has 0 fully saturated rings. The summed E-state index contributed by atoms with van der Waals surface area (Å²) >= 11 is 0. The number of hydrogen-bond acceptors (Lipinski definition) is 4. The summed E-state index contributed by atoms with van der Waals surface area (Å²) in [5, 5.41) is 2.97. The third-order valence-electron chi connectivity index (χ3n) is 4.36. The number of ether oxygens (including phenoxy) is 1. The van der Waals surface area contributed by atoms with E-state index in [9.17, 15) is 4.79 Å². The third-order valence-corrected chi connectivity index (χ3v) is 4.36. The van der Waals surface area contributed by atoms with Crippen LogP contribution in [0.5, 0.6) is 5.88 Å². The molecule has 5 heteroatoms. The number of amides is 1. The Morgan fingerprint density at radius 3 is 2.43 bits per heavy atom. The fourth-order valence-corrected chi connectivity index (χ4v) is 2.83. The maximum Gasteiger partial charge on any atom is 0.239 e. The van der Waals surface area contributed by atoms with E-state index in [1.54, 1.807) is 6.20 Å². The zero-order valence-electron chi connectivity index (χ0n) is 16.0. The van der Waals surface area contributed by atoms with E-state index in [4.69, 9.17) is 4.74 Å². The van der Waals surface area contributed by atoms with E-state index in [2.05, 4.69) is 10.3 Å². The first-order valence-corrected chi connectivity index (χ1v) is 9.43. The van der Waals surface area contributed by atoms with Gasteiger partial charge in [0.15, 0.2) is 0 Å². The highest BCUT2D eigenvalue weighted by Gasteiger charge is 2.10. The largest absolute Gasteiger partial charge is 0.473 e. The minimum atomic E-state index is -0.0192. The molecule has 28 heavy (non-hydrogen) atoms. The molecule has 1 heterocycles. The molecule has 0 aliphatic rings. The van der Waals surface area contributed by atoms with Crippen molar-refractivity contribution in [3.05, 3.63) is 90.1 Å². The average Bonchev–Trinajstić information content (AvgIpc) is 2.76. The number of nitrogens with zero attached hydrogens (tertiary/aromatic N) is 2. The number of carbonyl (C=O) groups excluding carboxylic acids is 1. The maximum absolute atomic E-state index is 12.4. The van der Waals surface area contributed by atoms with Crippen LogP contribution in [0.4, 0.5) is 5.69 Å². The highest BCUT2D eigenvalue weighted by atomic mass is 16.5. The van der Waals surface area contributed by atoms with Crippen molar-refractivity contribution in [1.29, 1.82) is 0 Å². The Balaban J connectivity index is 1.50. The standard InChI is InChI=1S/C23H25N3O2/c1-2-26(21-11-7-4-8-12-21)17-22(27)25-16-20-13-14-24-23(15-20)28-18-19-9-5-3-6-10-19/h3-15H,2,16-18H2,1H3,(H,25,27). The molecule has 0 saturated heterocycles. The van der Waals surface area contributed by atoms with E-state index in [-0.39, 0.29) is 5.91 Å². The second-order valence-electron chi connectivity index (χ2n) is 6.40. The highest BCUT2D eigenvalue weighted by molar-refractivity contribution is 5.81. The molecule has 0 saturated carbocycles. The van der Waals surface area contributed by atoms with Crippen LogP contribution in [0.15, 0.2) is 79.0 Å². The molecule has 0 radical (unpaired) electrons. The lowest BCUT2D eigenvalue weighted by Gasteiger charge is -2.22. The first-order valence-electron chi connectivity index (χ1n) is 9.43. The number of pyridine rings is 1. The lowest BCUT2D eigenvalue weighted by Crippen LogP contribution is -2.36. The average molecular weight is 375 g/mol. The molecule has 144 valence electrons. The van der Waals surface area contributed by atoms with E-state index in [0.717, 1.165) is 23.4 Å². The lowest BCUT2D eigenvalue weighted by atomic mass is 10.2. The molecule has 0 aliphatic carbocycles.